The Morgan fingerprint density at radius 1 is 1.47 bits per heavy atom. The summed E-state index contributed by atoms with van der Waals surface area (Å²) in [5.41, 5.74) is -0.737. The predicted octanol–water partition coefficient (Wildman–Crippen LogP) is 2.81. The normalized spacial score (nSPS) is 23.4. The molecule has 3 nitrogen and oxygen atoms in total. The summed E-state index contributed by atoms with van der Waals surface area (Å²) < 4.78 is 0. The van der Waals surface area contributed by atoms with E-state index in [1.54, 1.807) is 11.8 Å². The maximum Gasteiger partial charge on any atom is 0.233 e. The van der Waals surface area contributed by atoms with Crippen molar-refractivity contribution in [3.8, 4) is 0 Å². The van der Waals surface area contributed by atoms with Gasteiger partial charge in [-0.05, 0) is 44.0 Å². The van der Waals surface area contributed by atoms with E-state index >= 15 is 0 Å². The molecule has 104 valence electrons. The number of hydrogen-bond donors (Lipinski definition) is 1. The van der Waals surface area contributed by atoms with Crippen LogP contribution in [-0.4, -0.2) is 40.4 Å². The van der Waals surface area contributed by atoms with E-state index in [0.717, 1.165) is 24.3 Å². The molecule has 1 aromatic rings. The van der Waals surface area contributed by atoms with Gasteiger partial charge in [-0.3, -0.25) is 4.79 Å². The van der Waals surface area contributed by atoms with Gasteiger partial charge in [-0.2, -0.15) is 0 Å². The minimum absolute atomic E-state index is 0.0833. The first-order chi connectivity index (χ1) is 8.96. The van der Waals surface area contributed by atoms with E-state index in [1.807, 2.05) is 24.3 Å². The third kappa shape index (κ3) is 4.41. The second-order valence-corrected chi connectivity index (χ2v) is 6.64. The summed E-state index contributed by atoms with van der Waals surface area (Å²) in [6.07, 6.45) is 1.63. The zero-order valence-electron chi connectivity index (χ0n) is 10.9. The fourth-order valence-corrected chi connectivity index (χ4v) is 3.13. The van der Waals surface area contributed by atoms with E-state index in [4.69, 9.17) is 11.6 Å². The van der Waals surface area contributed by atoms with Gasteiger partial charge in [0.1, 0.15) is 0 Å². The molecule has 1 aromatic carbocycles. The summed E-state index contributed by atoms with van der Waals surface area (Å²) >= 11 is 7.31. The molecule has 1 fully saturated rings. The van der Waals surface area contributed by atoms with E-state index in [-0.39, 0.29) is 5.91 Å². The van der Waals surface area contributed by atoms with Crippen LogP contribution >= 0.6 is 23.4 Å². The maximum atomic E-state index is 12.1. The maximum absolute atomic E-state index is 12.1. The molecular formula is C14H18ClNO2S. The Morgan fingerprint density at radius 3 is 2.79 bits per heavy atom. The molecule has 1 amide bonds. The van der Waals surface area contributed by atoms with Gasteiger partial charge in [0.25, 0.3) is 0 Å². The number of aliphatic hydroxyl groups is 1. The average Bonchev–Trinajstić information content (AvgIpc) is 2.36. The molecule has 1 atom stereocenters. The Balaban J connectivity index is 1.85. The number of β-amino-alcohol motifs (C(OH)–C–C–N with tert-alkyl or cyclic N) is 1. The van der Waals surface area contributed by atoms with Crippen molar-refractivity contribution in [1.29, 1.82) is 0 Å². The van der Waals surface area contributed by atoms with Crippen LogP contribution in [0.25, 0.3) is 0 Å². The van der Waals surface area contributed by atoms with Gasteiger partial charge in [0.15, 0.2) is 0 Å². The summed E-state index contributed by atoms with van der Waals surface area (Å²) in [7, 11) is 0. The number of likely N-dealkylation sites (tertiary alicyclic amines) is 1. The van der Waals surface area contributed by atoms with Gasteiger partial charge >= 0.3 is 0 Å². The quantitative estimate of drug-likeness (QED) is 0.873. The monoisotopic (exact) mass is 299 g/mol. The zero-order valence-corrected chi connectivity index (χ0v) is 12.5. The number of thioether (sulfide) groups is 1. The number of piperidine rings is 1. The molecule has 2 rings (SSSR count). The average molecular weight is 300 g/mol. The van der Waals surface area contributed by atoms with Crippen LogP contribution in [0.3, 0.4) is 0 Å². The zero-order chi connectivity index (χ0) is 13.9. The van der Waals surface area contributed by atoms with Crippen molar-refractivity contribution in [2.75, 3.05) is 18.8 Å². The fourth-order valence-electron chi connectivity index (χ4n) is 2.20. The predicted molar refractivity (Wildman–Crippen MR) is 78.6 cm³/mol. The number of amides is 1. The lowest BCUT2D eigenvalue weighted by Crippen LogP contribution is -2.49. The van der Waals surface area contributed by atoms with Crippen LogP contribution in [0.15, 0.2) is 29.2 Å². The molecule has 0 radical (unpaired) electrons. The number of carbonyl (C=O) groups excluding carboxylic acids is 1. The lowest BCUT2D eigenvalue weighted by molar-refractivity contribution is -0.134. The number of halogens is 1. The number of benzene rings is 1. The molecule has 5 heteroatoms. The minimum Gasteiger partial charge on any atom is -0.388 e. The molecule has 1 saturated heterocycles. The fraction of sp³-hybridized carbons (Fsp3) is 0.500. The molecule has 0 bridgehead atoms. The van der Waals surface area contributed by atoms with E-state index < -0.39 is 5.60 Å². The molecule has 1 unspecified atom stereocenters. The van der Waals surface area contributed by atoms with Crippen LogP contribution < -0.4 is 0 Å². The van der Waals surface area contributed by atoms with Crippen LogP contribution in [0.1, 0.15) is 19.8 Å². The van der Waals surface area contributed by atoms with E-state index in [1.165, 1.54) is 11.8 Å². The summed E-state index contributed by atoms with van der Waals surface area (Å²) in [5.74, 6) is 0.484. The molecule has 1 heterocycles. The van der Waals surface area contributed by atoms with Gasteiger partial charge in [0, 0.05) is 23.0 Å². The molecule has 0 saturated carbocycles. The van der Waals surface area contributed by atoms with Crippen molar-refractivity contribution in [2.45, 2.75) is 30.3 Å². The Hall–Kier alpha value is -0.710. The van der Waals surface area contributed by atoms with Gasteiger partial charge in [-0.25, -0.2) is 0 Å². The molecule has 0 aliphatic carbocycles. The summed E-state index contributed by atoms with van der Waals surface area (Å²) in [6.45, 7) is 2.97. The van der Waals surface area contributed by atoms with Crippen LogP contribution in [0, 0.1) is 0 Å². The van der Waals surface area contributed by atoms with Gasteiger partial charge in [0.05, 0.1) is 11.4 Å². The highest BCUT2D eigenvalue weighted by molar-refractivity contribution is 8.00. The van der Waals surface area contributed by atoms with Crippen molar-refractivity contribution >= 4 is 29.3 Å². The van der Waals surface area contributed by atoms with E-state index in [0.29, 0.717) is 17.3 Å². The molecular weight excluding hydrogens is 282 g/mol. The number of hydrogen-bond acceptors (Lipinski definition) is 3. The number of rotatable bonds is 3. The van der Waals surface area contributed by atoms with Crippen LogP contribution in [0.4, 0.5) is 0 Å². The third-order valence-electron chi connectivity index (χ3n) is 3.20. The molecule has 1 aliphatic heterocycles. The largest absolute Gasteiger partial charge is 0.388 e. The topological polar surface area (TPSA) is 40.5 Å². The Labute approximate surface area is 122 Å². The number of carbonyl (C=O) groups is 1. The van der Waals surface area contributed by atoms with Crippen LogP contribution in [-0.2, 0) is 4.79 Å². The Morgan fingerprint density at radius 2 is 2.16 bits per heavy atom. The first-order valence-corrected chi connectivity index (χ1v) is 7.71. The highest BCUT2D eigenvalue weighted by atomic mass is 35.5. The Kier molecular flexibility index (Phi) is 4.76. The second kappa shape index (κ2) is 6.16. The molecule has 19 heavy (non-hydrogen) atoms. The third-order valence-corrected chi connectivity index (χ3v) is 4.45. The van der Waals surface area contributed by atoms with Gasteiger partial charge < -0.3 is 10.0 Å². The van der Waals surface area contributed by atoms with Crippen molar-refractivity contribution in [2.24, 2.45) is 0 Å². The van der Waals surface area contributed by atoms with Crippen molar-refractivity contribution in [1.82, 2.24) is 4.90 Å². The first-order valence-electron chi connectivity index (χ1n) is 6.35. The van der Waals surface area contributed by atoms with E-state index in [9.17, 15) is 9.90 Å². The van der Waals surface area contributed by atoms with Gasteiger partial charge in [0.2, 0.25) is 5.91 Å². The highest BCUT2D eigenvalue weighted by Crippen LogP contribution is 2.23. The number of nitrogens with zero attached hydrogens (tertiary/aromatic N) is 1. The second-order valence-electron chi connectivity index (χ2n) is 5.16. The van der Waals surface area contributed by atoms with Crippen LogP contribution in [0.2, 0.25) is 5.02 Å². The van der Waals surface area contributed by atoms with Gasteiger partial charge in [-0.15, -0.1) is 11.8 Å². The molecule has 0 spiro atoms. The molecule has 1 aliphatic rings. The summed E-state index contributed by atoms with van der Waals surface area (Å²) in [6, 6.07) is 7.46. The summed E-state index contributed by atoms with van der Waals surface area (Å²) in [5, 5.41) is 10.7. The standard InChI is InChI=1S/C14H18ClNO2S/c1-14(18)7-2-8-16(10-14)13(17)9-19-12-5-3-11(15)4-6-12/h3-6,18H,2,7-10H2,1H3. The molecule has 0 aromatic heterocycles. The first kappa shape index (κ1) is 14.7. The van der Waals surface area contributed by atoms with Crippen molar-refractivity contribution < 1.29 is 9.90 Å². The smallest absolute Gasteiger partial charge is 0.233 e. The SMILES string of the molecule is CC1(O)CCCN(C(=O)CSc2ccc(Cl)cc2)C1. The highest BCUT2D eigenvalue weighted by Gasteiger charge is 2.30. The lowest BCUT2D eigenvalue weighted by atomic mass is 9.95. The molecule has 1 N–H and O–H groups in total. The summed E-state index contributed by atoms with van der Waals surface area (Å²) in [4.78, 5) is 14.9. The minimum atomic E-state index is -0.737. The lowest BCUT2D eigenvalue weighted by Gasteiger charge is -2.36. The van der Waals surface area contributed by atoms with Gasteiger partial charge in [-0.1, -0.05) is 11.6 Å². The van der Waals surface area contributed by atoms with Crippen LogP contribution in [0.5, 0.6) is 0 Å². The van der Waals surface area contributed by atoms with E-state index in [2.05, 4.69) is 0 Å². The van der Waals surface area contributed by atoms with Crippen molar-refractivity contribution in [3.05, 3.63) is 29.3 Å². The Bertz CT molecular complexity index is 447. The van der Waals surface area contributed by atoms with Crippen molar-refractivity contribution in [3.63, 3.8) is 0 Å².